The summed E-state index contributed by atoms with van der Waals surface area (Å²) >= 11 is 7.22. The molecule has 6 aliphatic rings. The first kappa shape index (κ1) is 32.5. The Bertz CT molecular complexity index is 8170. The lowest BCUT2D eigenvalue weighted by atomic mass is 9.45. The SMILES string of the molecule is Clc1ccc([C@@H]2N3c4ccccc4Oc4ccccc4[C@@H]3C34c5c6c7c8c9c%10c(c%11c%12c3c3c5c5c%13c6c6c7c7c9c9c%14c%10c%10c%11c%11c%12c%12c3c3c5c5c%13c%13c6c6c7c9c7c9c%14c%10c%10c%11c%11c%12c3c3c5c5c%13c6c7c6c9c%10c%11c3c56)C824)cc1. The number of anilines is 1. The van der Waals surface area contributed by atoms with Crippen LogP contribution in [-0.4, -0.2) is 0 Å². The highest BCUT2D eigenvalue weighted by molar-refractivity contribution is 6.82. The molecule has 2 spiro atoms. The molecular weight excluding hydrogens is 1030 g/mol. The average Bonchev–Trinajstić information content (AvgIpc) is 1.39. The van der Waals surface area contributed by atoms with Gasteiger partial charge in [0.05, 0.1) is 28.6 Å². The van der Waals surface area contributed by atoms with Gasteiger partial charge in [0.1, 0.15) is 5.75 Å². The van der Waals surface area contributed by atoms with Crippen LogP contribution in [-0.2, 0) is 10.8 Å². The minimum Gasteiger partial charge on any atom is -0.455 e. The van der Waals surface area contributed by atoms with E-state index in [-0.39, 0.29) is 12.1 Å². The summed E-state index contributed by atoms with van der Waals surface area (Å²) in [6.45, 7) is 0. The maximum atomic E-state index is 7.56. The van der Waals surface area contributed by atoms with Crippen LogP contribution < -0.4 is 9.64 Å². The molecule has 0 aromatic heterocycles. The zero-order valence-electron chi connectivity index (χ0n) is 42.3. The molecule has 37 rings (SSSR count). The first-order valence-electron chi connectivity index (χ1n) is 30.5. The standard InChI is InChI=1S/C80H14ClNO/c81-14-11-9-13(10-12-14)77-79-73-65-57-47-37-29-21-19-20-23-27-25(21)33-41-35(27)45-39-31(23)32-24(20)28-26-22(19)30(29)38-44-34(26)42-36(28)46-40(32)50-49(39)59-53(45)63-55(41)61(51(57)43(33)37)67(73)71(63)75-69(59)70-60(50)54(46)64-56(42)62-52(44)58(48(38)47)66(65)74(79)68(62)72(64)76(70)80(75,79)78-15-5-1-3-7-17(15)83-18-8-4-2-6-16(18)82(77)78/h1-12,77-78H/t77-,78+,79?,80?/m0/s1. The van der Waals surface area contributed by atoms with Gasteiger partial charge in [-0.1, -0.05) is 54.1 Å². The van der Waals surface area contributed by atoms with Gasteiger partial charge in [-0.3, -0.25) is 0 Å². The van der Waals surface area contributed by atoms with Crippen molar-refractivity contribution < 1.29 is 4.74 Å². The van der Waals surface area contributed by atoms with Crippen molar-refractivity contribution in [2.75, 3.05) is 4.90 Å². The lowest BCUT2D eigenvalue weighted by Gasteiger charge is -2.53. The minimum absolute atomic E-state index is 0.140. The summed E-state index contributed by atoms with van der Waals surface area (Å²) in [6.07, 6.45) is 0. The molecule has 0 radical (unpaired) electrons. The van der Waals surface area contributed by atoms with E-state index in [0.29, 0.717) is 0 Å². The van der Waals surface area contributed by atoms with Crippen molar-refractivity contribution in [3.05, 3.63) is 111 Å². The molecule has 31 aromatic carbocycles. The van der Waals surface area contributed by atoms with Gasteiger partial charge < -0.3 is 9.64 Å². The zero-order valence-corrected chi connectivity index (χ0v) is 43.1. The number of benzene rings is 21. The van der Waals surface area contributed by atoms with Gasteiger partial charge >= 0.3 is 0 Å². The highest BCUT2D eigenvalue weighted by Gasteiger charge is 2.80. The molecular formula is C80H14ClNO. The van der Waals surface area contributed by atoms with E-state index >= 15 is 0 Å². The number of rotatable bonds is 1. The molecule has 1 saturated heterocycles. The van der Waals surface area contributed by atoms with E-state index in [9.17, 15) is 0 Å². The number of nitrogens with zero attached hydrogens (tertiary/aromatic N) is 1. The Morgan fingerprint density at radius 1 is 0.253 bits per heavy atom. The maximum absolute atomic E-state index is 7.56. The Morgan fingerprint density at radius 3 is 0.795 bits per heavy atom. The molecule has 31 aromatic rings. The van der Waals surface area contributed by atoms with Crippen LogP contribution in [0.5, 0.6) is 11.5 Å². The molecule has 0 amide bonds. The number of halogens is 1. The molecule has 2 atom stereocenters. The lowest BCUT2D eigenvalue weighted by molar-refractivity contribution is 0.331. The van der Waals surface area contributed by atoms with Crippen molar-refractivity contribution in [3.8, 4) is 11.5 Å². The fourth-order valence-electron chi connectivity index (χ4n) is 28.3. The van der Waals surface area contributed by atoms with Gasteiger partial charge in [-0.2, -0.15) is 0 Å². The molecule has 0 saturated carbocycles. The third-order valence-corrected chi connectivity index (χ3v) is 28.8. The minimum atomic E-state index is -0.598. The van der Waals surface area contributed by atoms with Crippen LogP contribution >= 0.6 is 11.6 Å². The van der Waals surface area contributed by atoms with Crippen LogP contribution in [0, 0.1) is 0 Å². The van der Waals surface area contributed by atoms with Crippen molar-refractivity contribution in [3.63, 3.8) is 0 Å². The number of fused-ring (bicyclic) bond motifs is 5. The predicted octanol–water partition coefficient (Wildman–Crippen LogP) is 22.1. The van der Waals surface area contributed by atoms with Crippen molar-refractivity contribution in [1.29, 1.82) is 0 Å². The predicted molar refractivity (Wildman–Crippen MR) is 346 cm³/mol. The highest BCUT2D eigenvalue weighted by atomic mass is 35.5. The average molecular weight is 1040 g/mol. The van der Waals surface area contributed by atoms with Crippen LogP contribution in [0.25, 0.3) is 291 Å². The third kappa shape index (κ3) is 1.90. The monoisotopic (exact) mass is 1040 g/mol. The molecule has 0 N–H and O–H groups in total. The quantitative estimate of drug-likeness (QED) is 0.152. The topological polar surface area (TPSA) is 12.5 Å². The maximum Gasteiger partial charge on any atom is 0.150 e. The molecule has 3 heteroatoms. The number of ether oxygens (including phenoxy) is 1. The van der Waals surface area contributed by atoms with E-state index in [0.717, 1.165) is 16.5 Å². The molecule has 1 fully saturated rings. The van der Waals surface area contributed by atoms with Gasteiger partial charge in [-0.25, -0.2) is 0 Å². The van der Waals surface area contributed by atoms with Gasteiger partial charge in [0, 0.05) is 10.6 Å². The molecule has 4 aliphatic carbocycles. The largest absolute Gasteiger partial charge is 0.455 e. The lowest BCUT2D eigenvalue weighted by Crippen LogP contribution is -2.52. The van der Waals surface area contributed by atoms with Crippen LogP contribution in [0.15, 0.2) is 72.8 Å². The van der Waals surface area contributed by atoms with Gasteiger partial charge in [-0.05, 0) is 349 Å². The van der Waals surface area contributed by atoms with E-state index < -0.39 is 10.8 Å². The smallest absolute Gasteiger partial charge is 0.150 e. The van der Waals surface area contributed by atoms with Gasteiger partial charge in [-0.15, -0.1) is 0 Å². The van der Waals surface area contributed by atoms with Gasteiger partial charge in [0.15, 0.2) is 5.75 Å². The van der Waals surface area contributed by atoms with Crippen molar-refractivity contribution in [2.24, 2.45) is 0 Å². The van der Waals surface area contributed by atoms with Crippen LogP contribution in [0.1, 0.15) is 45.5 Å². The van der Waals surface area contributed by atoms with Crippen LogP contribution in [0.3, 0.4) is 0 Å². The summed E-state index contributed by atoms with van der Waals surface area (Å²) in [4.78, 5) is 3.04. The first-order chi connectivity index (χ1) is 41.3. The van der Waals surface area contributed by atoms with Crippen molar-refractivity contribution >= 4 is 308 Å². The number of hydrogen-bond donors (Lipinski definition) is 0. The van der Waals surface area contributed by atoms with E-state index in [4.69, 9.17) is 16.3 Å². The summed E-state index contributed by atoms with van der Waals surface area (Å²) in [6, 6.07) is 27.8. The summed E-state index contributed by atoms with van der Waals surface area (Å²) in [5.74, 6) is 1.95. The first-order valence-corrected chi connectivity index (χ1v) is 30.8. The molecule has 2 heterocycles. The fraction of sp³-hybridized carbons (Fsp3) is 0.0500. The Balaban J connectivity index is 1.05. The second-order valence-corrected chi connectivity index (χ2v) is 29.7. The molecule has 0 bridgehead atoms. The Morgan fingerprint density at radius 2 is 0.494 bits per heavy atom. The number of hydrogen-bond acceptors (Lipinski definition) is 2. The molecule has 2 nitrogen and oxygen atoms in total. The number of para-hydroxylation sites is 3. The second kappa shape index (κ2) is 7.78. The molecule has 352 valence electrons. The summed E-state index contributed by atoms with van der Waals surface area (Å²) in [5.41, 5.74) is 9.38. The molecule has 83 heavy (non-hydrogen) atoms. The van der Waals surface area contributed by atoms with Gasteiger partial charge in [0.2, 0.25) is 0 Å². The highest BCUT2D eigenvalue weighted by Crippen LogP contribution is 2.90. The Kier molecular flexibility index (Phi) is 3.04. The zero-order chi connectivity index (χ0) is 49.9. The van der Waals surface area contributed by atoms with E-state index in [2.05, 4.69) is 77.7 Å². The Hall–Kier alpha value is -9.99. The van der Waals surface area contributed by atoms with Crippen molar-refractivity contribution in [2.45, 2.75) is 22.9 Å². The van der Waals surface area contributed by atoms with Crippen LogP contribution in [0.4, 0.5) is 5.69 Å². The molecule has 0 unspecified atom stereocenters. The van der Waals surface area contributed by atoms with E-state index in [1.165, 1.54) is 16.8 Å². The fourth-order valence-corrected chi connectivity index (χ4v) is 28.4. The Labute approximate surface area is 460 Å². The van der Waals surface area contributed by atoms with Gasteiger partial charge in [0.25, 0.3) is 0 Å². The third-order valence-electron chi connectivity index (χ3n) is 28.6. The normalized spacial score (nSPS) is 22.9. The molecule has 2 aliphatic heterocycles. The second-order valence-electron chi connectivity index (χ2n) is 29.2. The summed E-state index contributed by atoms with van der Waals surface area (Å²) in [5, 5.41) is 88.5. The van der Waals surface area contributed by atoms with E-state index in [1.807, 2.05) is 0 Å². The van der Waals surface area contributed by atoms with Crippen molar-refractivity contribution in [1.82, 2.24) is 0 Å². The summed E-state index contributed by atoms with van der Waals surface area (Å²) < 4.78 is 7.56. The van der Waals surface area contributed by atoms with E-state index in [1.54, 1.807) is 313 Å². The van der Waals surface area contributed by atoms with Crippen LogP contribution in [0.2, 0.25) is 5.02 Å². The summed E-state index contributed by atoms with van der Waals surface area (Å²) in [7, 11) is 0.